The minimum absolute atomic E-state index is 0.273. The molecule has 0 radical (unpaired) electrons. The van der Waals surface area contributed by atoms with Crippen molar-refractivity contribution in [1.82, 2.24) is 5.32 Å². The van der Waals surface area contributed by atoms with Crippen molar-refractivity contribution in [3.63, 3.8) is 0 Å². The van der Waals surface area contributed by atoms with Gasteiger partial charge in [-0.3, -0.25) is 0 Å². The number of hydrogen-bond donors (Lipinski definition) is 1. The second-order valence-electron chi connectivity index (χ2n) is 5.56. The van der Waals surface area contributed by atoms with E-state index in [9.17, 15) is 0 Å². The molecule has 0 saturated heterocycles. The summed E-state index contributed by atoms with van der Waals surface area (Å²) in [5.41, 5.74) is 1.23. The first-order chi connectivity index (χ1) is 10.3. The van der Waals surface area contributed by atoms with Crippen LogP contribution in [-0.4, -0.2) is 25.8 Å². The van der Waals surface area contributed by atoms with Crippen molar-refractivity contribution in [3.8, 4) is 5.75 Å². The maximum atomic E-state index is 5.87. The van der Waals surface area contributed by atoms with Gasteiger partial charge in [0.25, 0.3) is 0 Å². The fourth-order valence-electron chi connectivity index (χ4n) is 2.48. The molecule has 1 aromatic rings. The average molecular weight is 289 g/mol. The third-order valence-electron chi connectivity index (χ3n) is 3.61. The van der Waals surface area contributed by atoms with E-state index in [0.29, 0.717) is 6.61 Å². The Hall–Kier alpha value is -1.48. The van der Waals surface area contributed by atoms with Crippen molar-refractivity contribution in [2.45, 2.75) is 45.6 Å². The summed E-state index contributed by atoms with van der Waals surface area (Å²) in [5, 5.41) is 3.56. The molecule has 116 valence electrons. The topological polar surface area (TPSA) is 30.5 Å². The molecule has 1 unspecified atom stereocenters. The van der Waals surface area contributed by atoms with Crippen molar-refractivity contribution in [2.75, 3.05) is 19.8 Å². The molecule has 1 aromatic carbocycles. The van der Waals surface area contributed by atoms with E-state index >= 15 is 0 Å². The zero-order valence-electron chi connectivity index (χ0n) is 13.2. The van der Waals surface area contributed by atoms with Gasteiger partial charge in [-0.15, -0.1) is 0 Å². The van der Waals surface area contributed by atoms with E-state index in [2.05, 4.69) is 37.4 Å². The highest BCUT2D eigenvalue weighted by atomic mass is 16.5. The van der Waals surface area contributed by atoms with E-state index in [-0.39, 0.29) is 6.04 Å². The summed E-state index contributed by atoms with van der Waals surface area (Å²) in [6.07, 6.45) is 6.54. The maximum Gasteiger partial charge on any atom is 0.119 e. The Bertz CT molecular complexity index is 456. The van der Waals surface area contributed by atoms with Gasteiger partial charge in [0.1, 0.15) is 11.5 Å². The first-order valence-electron chi connectivity index (χ1n) is 8.05. The fourth-order valence-corrected chi connectivity index (χ4v) is 2.48. The molecule has 1 aliphatic rings. The molecule has 1 aliphatic heterocycles. The van der Waals surface area contributed by atoms with Crippen molar-refractivity contribution in [2.24, 2.45) is 0 Å². The van der Waals surface area contributed by atoms with Crippen LogP contribution >= 0.6 is 0 Å². The summed E-state index contributed by atoms with van der Waals surface area (Å²) in [6, 6.07) is 8.47. The van der Waals surface area contributed by atoms with Gasteiger partial charge in [-0.05, 0) is 56.5 Å². The minimum Gasteiger partial charge on any atom is -0.497 e. The number of allylic oxidation sites excluding steroid dienone is 1. The van der Waals surface area contributed by atoms with Gasteiger partial charge in [0.15, 0.2) is 0 Å². The minimum atomic E-state index is 0.273. The van der Waals surface area contributed by atoms with Crippen molar-refractivity contribution in [3.05, 3.63) is 41.7 Å². The maximum absolute atomic E-state index is 5.87. The van der Waals surface area contributed by atoms with Gasteiger partial charge >= 0.3 is 0 Å². The number of benzene rings is 1. The van der Waals surface area contributed by atoms with Crippen LogP contribution in [-0.2, 0) is 4.74 Å². The number of aryl methyl sites for hydroxylation is 1. The highest BCUT2D eigenvalue weighted by molar-refractivity contribution is 5.27. The first-order valence-corrected chi connectivity index (χ1v) is 8.05. The summed E-state index contributed by atoms with van der Waals surface area (Å²) in [6.45, 7) is 6.82. The summed E-state index contributed by atoms with van der Waals surface area (Å²) >= 11 is 0. The molecule has 3 nitrogen and oxygen atoms in total. The lowest BCUT2D eigenvalue weighted by Gasteiger charge is -2.25. The third kappa shape index (κ3) is 5.43. The lowest BCUT2D eigenvalue weighted by atomic mass is 10.1. The van der Waals surface area contributed by atoms with E-state index in [1.807, 2.05) is 12.1 Å². The molecule has 0 fully saturated rings. The molecule has 21 heavy (non-hydrogen) atoms. The van der Waals surface area contributed by atoms with E-state index in [0.717, 1.165) is 50.3 Å². The van der Waals surface area contributed by atoms with Crippen LogP contribution in [0.1, 0.15) is 38.2 Å². The van der Waals surface area contributed by atoms with Gasteiger partial charge in [0.2, 0.25) is 0 Å². The van der Waals surface area contributed by atoms with Gasteiger partial charge in [-0.2, -0.15) is 0 Å². The Morgan fingerprint density at radius 1 is 1.38 bits per heavy atom. The summed E-state index contributed by atoms with van der Waals surface area (Å²) in [7, 11) is 0. The van der Waals surface area contributed by atoms with Gasteiger partial charge < -0.3 is 14.8 Å². The zero-order valence-corrected chi connectivity index (χ0v) is 13.2. The predicted molar refractivity (Wildman–Crippen MR) is 86.6 cm³/mol. The average Bonchev–Trinajstić information content (AvgIpc) is 2.51. The van der Waals surface area contributed by atoms with Gasteiger partial charge in [-0.25, -0.2) is 0 Å². The predicted octanol–water partition coefficient (Wildman–Crippen LogP) is 3.83. The molecule has 0 aromatic heterocycles. The van der Waals surface area contributed by atoms with Gasteiger partial charge in [-0.1, -0.05) is 19.1 Å². The zero-order chi connectivity index (χ0) is 14.9. The molecular formula is C18H27NO2. The highest BCUT2D eigenvalue weighted by Gasteiger charge is 2.17. The Morgan fingerprint density at radius 3 is 3.00 bits per heavy atom. The van der Waals surface area contributed by atoms with E-state index < -0.39 is 0 Å². The van der Waals surface area contributed by atoms with Crippen LogP contribution in [0.2, 0.25) is 0 Å². The van der Waals surface area contributed by atoms with Crippen molar-refractivity contribution in [1.29, 1.82) is 0 Å². The van der Waals surface area contributed by atoms with Gasteiger partial charge in [0, 0.05) is 6.42 Å². The largest absolute Gasteiger partial charge is 0.497 e. The Kier molecular flexibility index (Phi) is 6.61. The SMILES string of the molecule is CCCNC(CCOc1cccc(C)c1)C1=CCCCO1. The summed E-state index contributed by atoms with van der Waals surface area (Å²) < 4.78 is 11.7. The molecule has 1 N–H and O–H groups in total. The van der Waals surface area contributed by atoms with Gasteiger partial charge in [0.05, 0.1) is 19.3 Å². The molecule has 0 aliphatic carbocycles. The molecule has 0 spiro atoms. The second kappa shape index (κ2) is 8.73. The third-order valence-corrected chi connectivity index (χ3v) is 3.61. The quantitative estimate of drug-likeness (QED) is 0.789. The number of hydrogen-bond acceptors (Lipinski definition) is 3. The monoisotopic (exact) mass is 289 g/mol. The lowest BCUT2D eigenvalue weighted by molar-refractivity contribution is 0.158. The lowest BCUT2D eigenvalue weighted by Crippen LogP contribution is -2.35. The first kappa shape index (κ1) is 15.9. The van der Waals surface area contributed by atoms with Crippen LogP contribution in [0.5, 0.6) is 5.75 Å². The molecule has 1 atom stereocenters. The smallest absolute Gasteiger partial charge is 0.119 e. The van der Waals surface area contributed by atoms with E-state index in [1.54, 1.807) is 0 Å². The van der Waals surface area contributed by atoms with Crippen LogP contribution in [0.25, 0.3) is 0 Å². The van der Waals surface area contributed by atoms with E-state index in [1.165, 1.54) is 5.56 Å². The van der Waals surface area contributed by atoms with Crippen molar-refractivity contribution >= 4 is 0 Å². The molecule has 2 rings (SSSR count). The molecule has 1 heterocycles. The second-order valence-corrected chi connectivity index (χ2v) is 5.56. The standard InChI is InChI=1S/C18H27NO2/c1-3-11-19-17(18-9-4-5-12-21-18)10-13-20-16-8-6-7-15(2)14-16/h6-9,14,17,19H,3-5,10-13H2,1-2H3. The van der Waals surface area contributed by atoms with Crippen molar-refractivity contribution < 1.29 is 9.47 Å². The molecule has 0 saturated carbocycles. The summed E-state index contributed by atoms with van der Waals surface area (Å²) in [4.78, 5) is 0. The highest BCUT2D eigenvalue weighted by Crippen LogP contribution is 2.17. The van der Waals surface area contributed by atoms with E-state index in [4.69, 9.17) is 9.47 Å². The molecule has 0 amide bonds. The number of nitrogens with one attached hydrogen (secondary N) is 1. The fraction of sp³-hybridized carbons (Fsp3) is 0.556. The van der Waals surface area contributed by atoms with Crippen LogP contribution in [0, 0.1) is 6.92 Å². The molecule has 0 bridgehead atoms. The van der Waals surface area contributed by atoms with Crippen LogP contribution in [0.15, 0.2) is 36.1 Å². The Balaban J connectivity index is 1.85. The number of rotatable bonds is 8. The van der Waals surface area contributed by atoms with Crippen LogP contribution < -0.4 is 10.1 Å². The molecule has 3 heteroatoms. The Morgan fingerprint density at radius 2 is 2.29 bits per heavy atom. The summed E-state index contributed by atoms with van der Waals surface area (Å²) in [5.74, 6) is 2.05. The van der Waals surface area contributed by atoms with Crippen LogP contribution in [0.4, 0.5) is 0 Å². The Labute approximate surface area is 128 Å². The number of ether oxygens (including phenoxy) is 2. The molecular weight excluding hydrogens is 262 g/mol. The normalized spacial score (nSPS) is 16.0. The van der Waals surface area contributed by atoms with Crippen LogP contribution in [0.3, 0.4) is 0 Å².